The van der Waals surface area contributed by atoms with Crippen LogP contribution in [0.2, 0.25) is 0 Å². The number of benzene rings is 1. The van der Waals surface area contributed by atoms with E-state index in [1.807, 2.05) is 5.38 Å². The molecule has 6 heteroatoms. The molecule has 1 aromatic heterocycles. The Hall–Kier alpha value is -1.84. The van der Waals surface area contributed by atoms with E-state index in [-0.39, 0.29) is 17.7 Å². The number of aromatic nitrogens is 1. The minimum absolute atomic E-state index is 0.0201. The molecule has 18 heavy (non-hydrogen) atoms. The first kappa shape index (κ1) is 12.6. The average molecular weight is 265 g/mol. The standard InChI is InChI=1S/C12H9F2N3S/c13-11-1-8(3-15)2-12(14)10(11)5-16-4-9-6-18-7-17-9/h1-2,6-7,16H,4-5H2. The van der Waals surface area contributed by atoms with Gasteiger partial charge in [-0.2, -0.15) is 5.26 Å². The molecule has 2 rings (SSSR count). The van der Waals surface area contributed by atoms with Crippen LogP contribution in [0, 0.1) is 23.0 Å². The predicted octanol–water partition coefficient (Wildman–Crippen LogP) is 2.58. The molecule has 0 amide bonds. The first-order valence-electron chi connectivity index (χ1n) is 5.16. The quantitative estimate of drug-likeness (QED) is 0.924. The van der Waals surface area contributed by atoms with E-state index in [0.717, 1.165) is 17.8 Å². The van der Waals surface area contributed by atoms with Gasteiger partial charge in [0.1, 0.15) is 11.6 Å². The second-order valence-corrected chi connectivity index (χ2v) is 4.33. The van der Waals surface area contributed by atoms with Crippen LogP contribution in [-0.4, -0.2) is 4.98 Å². The Bertz CT molecular complexity index is 552. The third-order valence-electron chi connectivity index (χ3n) is 2.36. The minimum Gasteiger partial charge on any atom is -0.307 e. The highest BCUT2D eigenvalue weighted by Gasteiger charge is 2.10. The lowest BCUT2D eigenvalue weighted by molar-refractivity contribution is 0.533. The van der Waals surface area contributed by atoms with E-state index in [1.54, 1.807) is 11.6 Å². The fourth-order valence-electron chi connectivity index (χ4n) is 1.48. The van der Waals surface area contributed by atoms with Gasteiger partial charge in [0.05, 0.1) is 22.8 Å². The lowest BCUT2D eigenvalue weighted by Gasteiger charge is -2.06. The van der Waals surface area contributed by atoms with Gasteiger partial charge in [0.25, 0.3) is 0 Å². The molecule has 0 radical (unpaired) electrons. The zero-order valence-corrected chi connectivity index (χ0v) is 10.1. The number of hydrogen-bond acceptors (Lipinski definition) is 4. The van der Waals surface area contributed by atoms with Gasteiger partial charge in [0.15, 0.2) is 0 Å². The van der Waals surface area contributed by atoms with E-state index in [1.165, 1.54) is 11.3 Å². The molecule has 0 saturated heterocycles. The number of nitrogens with one attached hydrogen (secondary N) is 1. The van der Waals surface area contributed by atoms with Crippen molar-refractivity contribution in [2.75, 3.05) is 0 Å². The zero-order chi connectivity index (χ0) is 13.0. The number of hydrogen-bond donors (Lipinski definition) is 1. The molecule has 3 nitrogen and oxygen atoms in total. The van der Waals surface area contributed by atoms with E-state index in [9.17, 15) is 8.78 Å². The molecule has 1 N–H and O–H groups in total. The number of nitriles is 1. The van der Waals surface area contributed by atoms with Crippen LogP contribution >= 0.6 is 11.3 Å². The Kier molecular flexibility index (Phi) is 3.97. The van der Waals surface area contributed by atoms with Crippen molar-refractivity contribution in [1.82, 2.24) is 10.3 Å². The monoisotopic (exact) mass is 265 g/mol. The lowest BCUT2D eigenvalue weighted by Crippen LogP contribution is -2.15. The molecule has 0 spiro atoms. The molecule has 0 aliphatic rings. The SMILES string of the molecule is N#Cc1cc(F)c(CNCc2cscn2)c(F)c1. The second kappa shape index (κ2) is 5.67. The molecule has 92 valence electrons. The summed E-state index contributed by atoms with van der Waals surface area (Å²) in [4.78, 5) is 4.05. The van der Waals surface area contributed by atoms with Crippen LogP contribution in [0.1, 0.15) is 16.8 Å². The molecule has 0 unspecified atom stereocenters. The Morgan fingerprint density at radius 2 is 2.00 bits per heavy atom. The summed E-state index contributed by atoms with van der Waals surface area (Å²) < 4.78 is 27.0. The highest BCUT2D eigenvalue weighted by molar-refractivity contribution is 7.07. The maximum Gasteiger partial charge on any atom is 0.131 e. The third kappa shape index (κ3) is 2.88. The van der Waals surface area contributed by atoms with Crippen LogP contribution < -0.4 is 5.32 Å². The molecule has 0 aliphatic carbocycles. The molecule has 1 heterocycles. The van der Waals surface area contributed by atoms with E-state index >= 15 is 0 Å². The van der Waals surface area contributed by atoms with Gasteiger partial charge in [0.2, 0.25) is 0 Å². The van der Waals surface area contributed by atoms with Crippen LogP contribution in [-0.2, 0) is 13.1 Å². The molecular weight excluding hydrogens is 256 g/mol. The summed E-state index contributed by atoms with van der Waals surface area (Å²) in [5.41, 5.74) is 2.44. The summed E-state index contributed by atoms with van der Waals surface area (Å²) >= 11 is 1.46. The van der Waals surface area contributed by atoms with Crippen molar-refractivity contribution in [1.29, 1.82) is 5.26 Å². The highest BCUT2D eigenvalue weighted by Crippen LogP contribution is 2.15. The van der Waals surface area contributed by atoms with Gasteiger partial charge in [-0.25, -0.2) is 13.8 Å². The van der Waals surface area contributed by atoms with Crippen molar-refractivity contribution in [3.63, 3.8) is 0 Å². The van der Waals surface area contributed by atoms with E-state index in [0.29, 0.717) is 6.54 Å². The number of thiazole rings is 1. The zero-order valence-electron chi connectivity index (χ0n) is 9.28. The van der Waals surface area contributed by atoms with Crippen LogP contribution in [0.25, 0.3) is 0 Å². The van der Waals surface area contributed by atoms with Crippen molar-refractivity contribution in [2.24, 2.45) is 0 Å². The van der Waals surface area contributed by atoms with Crippen LogP contribution in [0.15, 0.2) is 23.0 Å². The van der Waals surface area contributed by atoms with E-state index in [4.69, 9.17) is 5.26 Å². The number of rotatable bonds is 4. The Morgan fingerprint density at radius 1 is 1.28 bits per heavy atom. The molecule has 0 saturated carbocycles. The second-order valence-electron chi connectivity index (χ2n) is 3.61. The fourth-order valence-corrected chi connectivity index (χ4v) is 2.04. The van der Waals surface area contributed by atoms with Gasteiger partial charge < -0.3 is 5.32 Å². The summed E-state index contributed by atoms with van der Waals surface area (Å²) in [5, 5.41) is 13.3. The molecule has 0 atom stereocenters. The lowest BCUT2D eigenvalue weighted by atomic mass is 10.1. The summed E-state index contributed by atoms with van der Waals surface area (Å²) in [6.45, 7) is 0.503. The van der Waals surface area contributed by atoms with Gasteiger partial charge >= 0.3 is 0 Å². The topological polar surface area (TPSA) is 48.7 Å². The normalized spacial score (nSPS) is 10.3. The number of nitrogens with zero attached hydrogens (tertiary/aromatic N) is 2. The van der Waals surface area contributed by atoms with Gasteiger partial charge in [-0.05, 0) is 12.1 Å². The molecule has 1 aromatic carbocycles. The summed E-state index contributed by atoms with van der Waals surface area (Å²) in [6, 6.07) is 3.77. The number of halogens is 2. The maximum absolute atomic E-state index is 13.5. The molecule has 0 aliphatic heterocycles. The van der Waals surface area contributed by atoms with Crippen molar-refractivity contribution >= 4 is 11.3 Å². The fraction of sp³-hybridized carbons (Fsp3) is 0.167. The summed E-state index contributed by atoms with van der Waals surface area (Å²) in [5.74, 6) is -1.42. The van der Waals surface area contributed by atoms with Crippen molar-refractivity contribution in [3.8, 4) is 6.07 Å². The summed E-state index contributed by atoms with van der Waals surface area (Å²) in [7, 11) is 0. The van der Waals surface area contributed by atoms with Gasteiger partial charge in [-0.15, -0.1) is 11.3 Å². The average Bonchev–Trinajstić information content (AvgIpc) is 2.85. The van der Waals surface area contributed by atoms with Crippen molar-refractivity contribution < 1.29 is 8.78 Å². The first-order chi connectivity index (χ1) is 8.70. The van der Waals surface area contributed by atoms with Crippen LogP contribution in [0.4, 0.5) is 8.78 Å². The molecular formula is C12H9F2N3S. The Labute approximate surface area is 107 Å². The van der Waals surface area contributed by atoms with Crippen molar-refractivity contribution in [2.45, 2.75) is 13.1 Å². The Morgan fingerprint density at radius 3 is 2.56 bits per heavy atom. The van der Waals surface area contributed by atoms with Gasteiger partial charge in [-0.1, -0.05) is 0 Å². The van der Waals surface area contributed by atoms with E-state index < -0.39 is 11.6 Å². The predicted molar refractivity (Wildman–Crippen MR) is 63.7 cm³/mol. The third-order valence-corrected chi connectivity index (χ3v) is 3.00. The smallest absolute Gasteiger partial charge is 0.131 e. The molecule has 2 aromatic rings. The van der Waals surface area contributed by atoms with Crippen LogP contribution in [0.5, 0.6) is 0 Å². The van der Waals surface area contributed by atoms with Crippen LogP contribution in [0.3, 0.4) is 0 Å². The maximum atomic E-state index is 13.5. The van der Waals surface area contributed by atoms with Gasteiger partial charge in [-0.3, -0.25) is 0 Å². The first-order valence-corrected chi connectivity index (χ1v) is 6.11. The minimum atomic E-state index is -0.711. The van der Waals surface area contributed by atoms with Gasteiger partial charge in [0, 0.05) is 24.0 Å². The Balaban J connectivity index is 2.03. The summed E-state index contributed by atoms with van der Waals surface area (Å²) in [6.07, 6.45) is 0. The highest BCUT2D eigenvalue weighted by atomic mass is 32.1. The molecule has 0 fully saturated rings. The largest absolute Gasteiger partial charge is 0.307 e. The van der Waals surface area contributed by atoms with Crippen molar-refractivity contribution in [3.05, 3.63) is 51.5 Å². The van der Waals surface area contributed by atoms with E-state index in [2.05, 4.69) is 10.3 Å². The molecule has 0 bridgehead atoms.